The van der Waals surface area contributed by atoms with E-state index in [-0.39, 0.29) is 0 Å². The van der Waals surface area contributed by atoms with Crippen LogP contribution in [-0.4, -0.2) is 5.37 Å². The van der Waals surface area contributed by atoms with Crippen LogP contribution in [0.25, 0.3) is 16.2 Å². The molecule has 1 aliphatic heterocycles. The molecule has 0 N–H and O–H groups in total. The number of allylic oxidation sites excluding steroid dienone is 1. The van der Waals surface area contributed by atoms with Crippen molar-refractivity contribution in [2.24, 2.45) is 0 Å². The van der Waals surface area contributed by atoms with Crippen LogP contribution in [0.15, 0.2) is 35.2 Å². The predicted molar refractivity (Wildman–Crippen MR) is 63.9 cm³/mol. The number of fused-ring (bicyclic) bond motifs is 3. The number of hydrogen-bond donors (Lipinski definition) is 0. The van der Waals surface area contributed by atoms with Crippen LogP contribution in [0.2, 0.25) is 0 Å². The van der Waals surface area contributed by atoms with Gasteiger partial charge in [-0.05, 0) is 12.1 Å². The Morgan fingerprint density at radius 2 is 1.94 bits per heavy atom. The molecule has 0 aliphatic carbocycles. The molecule has 7 heteroatoms. The lowest BCUT2D eigenvalue weighted by Crippen LogP contribution is -2.60. The molecule has 0 saturated heterocycles. The van der Waals surface area contributed by atoms with Gasteiger partial charge in [0, 0.05) is 20.3 Å². The Bertz CT molecular complexity index is 669. The largest absolute Gasteiger partial charge is 0.182 e. The second-order valence-corrected chi connectivity index (χ2v) is 7.14. The summed E-state index contributed by atoms with van der Waals surface area (Å²) in [7, 11) is -5.58. The Morgan fingerprint density at radius 3 is 2.72 bits per heavy atom. The van der Waals surface area contributed by atoms with Gasteiger partial charge in [0.15, 0.2) is 0 Å². The molecule has 1 aromatic heterocycles. The first-order valence-corrected chi connectivity index (χ1v) is 8.18. The molecule has 0 amide bonds. The van der Waals surface area contributed by atoms with Crippen molar-refractivity contribution in [1.29, 1.82) is 0 Å². The van der Waals surface area contributed by atoms with Gasteiger partial charge in [-0.1, -0.05) is 24.3 Å². The second kappa shape index (κ2) is 4.43. The zero-order valence-electron chi connectivity index (χ0n) is 8.87. The highest BCUT2D eigenvalue weighted by Gasteiger charge is 2.28. The molecule has 2 aromatic rings. The van der Waals surface area contributed by atoms with Gasteiger partial charge in [0.1, 0.15) is 14.5 Å². The molecule has 18 heavy (non-hydrogen) atoms. The van der Waals surface area contributed by atoms with E-state index in [0.717, 1.165) is 19.9 Å². The molecule has 1 atom stereocenters. The van der Waals surface area contributed by atoms with Crippen LogP contribution in [-0.2, 0) is 3.74 Å². The zero-order chi connectivity index (χ0) is 12.8. The molecular weight excluding hydrogens is 296 g/mol. The standard InChI is InChI=1S/C11H7ClO4S2/c13-12(14,15)16-18-7-3-6-10-11(18)8-4-1-2-5-9(8)17-10/h1-7H. The van der Waals surface area contributed by atoms with Crippen LogP contribution in [0.3, 0.4) is 0 Å². The topological polar surface area (TPSA) is 78.4 Å². The number of thiophene rings is 1. The third-order valence-corrected chi connectivity index (χ3v) is 6.04. The van der Waals surface area contributed by atoms with Crippen LogP contribution in [0.5, 0.6) is 0 Å². The van der Waals surface area contributed by atoms with Crippen molar-refractivity contribution in [2.45, 2.75) is 4.90 Å². The van der Waals surface area contributed by atoms with Crippen LogP contribution in [0, 0.1) is 10.2 Å². The van der Waals surface area contributed by atoms with Gasteiger partial charge in [-0.15, -0.1) is 11.3 Å². The Morgan fingerprint density at radius 1 is 1.17 bits per heavy atom. The number of hydrogen-bond acceptors (Lipinski definition) is 5. The van der Waals surface area contributed by atoms with Gasteiger partial charge < -0.3 is 0 Å². The summed E-state index contributed by atoms with van der Waals surface area (Å²) in [5, 5.41) is 2.52. The minimum absolute atomic E-state index is 0.769. The normalized spacial score (nSPS) is 18.7. The lowest BCUT2D eigenvalue weighted by atomic mass is 10.2. The summed E-state index contributed by atoms with van der Waals surface area (Å²) in [5.74, 6) is 0. The Hall–Kier alpha value is -0.730. The van der Waals surface area contributed by atoms with E-state index < -0.39 is 21.0 Å². The lowest BCUT2D eigenvalue weighted by Gasteiger charge is -2.14. The molecule has 4 nitrogen and oxygen atoms in total. The first-order chi connectivity index (χ1) is 8.54. The van der Waals surface area contributed by atoms with Gasteiger partial charge in [0.25, 0.3) is 0 Å². The maximum absolute atomic E-state index is 10.7. The quantitative estimate of drug-likeness (QED) is 0.742. The van der Waals surface area contributed by atoms with Crippen LogP contribution < -0.4 is 14.0 Å². The Balaban J connectivity index is 2.17. The fourth-order valence-electron chi connectivity index (χ4n) is 1.76. The Labute approximate surface area is 112 Å². The fraction of sp³-hybridized carbons (Fsp3) is 0. The summed E-state index contributed by atoms with van der Waals surface area (Å²) in [6, 6.07) is 7.64. The van der Waals surface area contributed by atoms with Crippen molar-refractivity contribution in [1.82, 2.24) is 0 Å². The monoisotopic (exact) mass is 302 g/mol. The maximum Gasteiger partial charge on any atom is 0.141 e. The predicted octanol–water partition coefficient (Wildman–Crippen LogP) is 0.187. The highest BCUT2D eigenvalue weighted by molar-refractivity contribution is 8.11. The Kier molecular flexibility index (Phi) is 3.03. The highest BCUT2D eigenvalue weighted by Crippen LogP contribution is 2.45. The molecule has 0 radical (unpaired) electrons. The first kappa shape index (κ1) is 12.3. The van der Waals surface area contributed by atoms with Crippen molar-refractivity contribution < 1.29 is 28.0 Å². The third kappa shape index (κ3) is 2.24. The molecule has 1 unspecified atom stereocenters. The molecule has 0 bridgehead atoms. The molecule has 94 valence electrons. The average Bonchev–Trinajstić information content (AvgIpc) is 2.66. The van der Waals surface area contributed by atoms with Crippen molar-refractivity contribution in [2.75, 3.05) is 0 Å². The van der Waals surface area contributed by atoms with E-state index >= 15 is 0 Å². The van der Waals surface area contributed by atoms with E-state index in [1.165, 1.54) is 0 Å². The van der Waals surface area contributed by atoms with E-state index in [4.69, 9.17) is 0 Å². The second-order valence-electron chi connectivity index (χ2n) is 3.53. The van der Waals surface area contributed by atoms with Gasteiger partial charge in [-0.2, -0.15) is 14.0 Å². The van der Waals surface area contributed by atoms with E-state index in [1.54, 1.807) is 22.8 Å². The van der Waals surface area contributed by atoms with Gasteiger partial charge >= 0.3 is 0 Å². The summed E-state index contributed by atoms with van der Waals surface area (Å²) in [4.78, 5) is 1.70. The molecule has 1 aliphatic rings. The van der Waals surface area contributed by atoms with Crippen LogP contribution in [0.4, 0.5) is 0 Å². The summed E-state index contributed by atoms with van der Waals surface area (Å²) in [5.41, 5.74) is 0. The van der Waals surface area contributed by atoms with E-state index in [2.05, 4.69) is 3.74 Å². The molecule has 0 spiro atoms. The van der Waals surface area contributed by atoms with E-state index in [0.29, 0.717) is 0 Å². The zero-order valence-corrected chi connectivity index (χ0v) is 11.3. The van der Waals surface area contributed by atoms with Gasteiger partial charge in [-0.3, -0.25) is 0 Å². The third-order valence-electron chi connectivity index (χ3n) is 2.37. The van der Waals surface area contributed by atoms with Gasteiger partial charge in [0.2, 0.25) is 0 Å². The molecule has 2 heterocycles. The summed E-state index contributed by atoms with van der Waals surface area (Å²) < 4.78 is 37.8. The number of rotatable bonds is 2. The smallest absolute Gasteiger partial charge is 0.141 e. The van der Waals surface area contributed by atoms with E-state index in [1.807, 2.05) is 30.3 Å². The molecule has 0 fully saturated rings. The maximum atomic E-state index is 10.7. The average molecular weight is 303 g/mol. The summed E-state index contributed by atoms with van der Waals surface area (Å²) in [6.07, 6.45) is 3.60. The highest BCUT2D eigenvalue weighted by atomic mass is 35.7. The number of halogens is 1. The van der Waals surface area contributed by atoms with Crippen molar-refractivity contribution in [3.63, 3.8) is 0 Å². The van der Waals surface area contributed by atoms with Crippen LogP contribution in [0.1, 0.15) is 4.88 Å². The molecule has 0 saturated carbocycles. The van der Waals surface area contributed by atoms with Crippen molar-refractivity contribution >= 4 is 43.6 Å². The summed E-state index contributed by atoms with van der Waals surface area (Å²) >= 11 is 1.55. The van der Waals surface area contributed by atoms with Crippen molar-refractivity contribution in [3.05, 3.63) is 35.2 Å². The van der Waals surface area contributed by atoms with Gasteiger partial charge in [-0.25, -0.2) is 0 Å². The SMILES string of the molecule is [O-][Cl+3]([O-])([O-])OS1=CC=Cc2sc3ccccc3c21. The number of benzene rings is 1. The summed E-state index contributed by atoms with van der Waals surface area (Å²) in [6.45, 7) is 0. The molecule has 3 rings (SSSR count). The van der Waals surface area contributed by atoms with Gasteiger partial charge in [0.05, 0.1) is 15.1 Å². The minimum Gasteiger partial charge on any atom is -0.182 e. The van der Waals surface area contributed by atoms with Crippen LogP contribution >= 0.6 is 22.1 Å². The van der Waals surface area contributed by atoms with Crippen molar-refractivity contribution in [3.8, 4) is 0 Å². The minimum atomic E-state index is -4.43. The molecular formula is C11H7ClO4S2. The fourth-order valence-corrected chi connectivity index (χ4v) is 5.31. The first-order valence-electron chi connectivity index (χ1n) is 4.91. The molecule has 1 aromatic carbocycles. The van der Waals surface area contributed by atoms with E-state index in [9.17, 15) is 14.0 Å². The lowest BCUT2D eigenvalue weighted by molar-refractivity contribution is -1.91.